The number of benzene rings is 2. The van der Waals surface area contributed by atoms with Gasteiger partial charge in [-0.25, -0.2) is 0 Å². The van der Waals surface area contributed by atoms with Crippen molar-refractivity contribution >= 4 is 5.78 Å². The molecule has 6 heteroatoms. The molecule has 6 nitrogen and oxygen atoms in total. The van der Waals surface area contributed by atoms with Gasteiger partial charge in [0.25, 0.3) is 0 Å². The third kappa shape index (κ3) is 2.68. The van der Waals surface area contributed by atoms with Crippen LogP contribution in [0.2, 0.25) is 0 Å². The smallest absolute Gasteiger partial charge is 0.181 e. The number of carbonyl (C=O) groups excluding carboxylic acids is 1. The first-order valence-corrected chi connectivity index (χ1v) is 8.65. The molecule has 2 N–H and O–H groups in total. The van der Waals surface area contributed by atoms with Crippen LogP contribution in [0.4, 0.5) is 0 Å². The van der Waals surface area contributed by atoms with Crippen LogP contribution in [0.5, 0.6) is 28.7 Å². The van der Waals surface area contributed by atoms with Crippen molar-refractivity contribution < 1.29 is 29.2 Å². The van der Waals surface area contributed by atoms with E-state index >= 15 is 0 Å². The highest BCUT2D eigenvalue weighted by Crippen LogP contribution is 2.48. The minimum Gasteiger partial charge on any atom is -0.508 e. The van der Waals surface area contributed by atoms with Gasteiger partial charge in [0.15, 0.2) is 5.78 Å². The van der Waals surface area contributed by atoms with Crippen molar-refractivity contribution in [1.82, 2.24) is 0 Å². The number of rotatable bonds is 3. The fraction of sp³-hybridized carbons (Fsp3) is 0.286. The van der Waals surface area contributed by atoms with Crippen LogP contribution in [0.15, 0.2) is 36.4 Å². The highest BCUT2D eigenvalue weighted by molar-refractivity contribution is 6.07. The minimum atomic E-state index is -0.642. The summed E-state index contributed by atoms with van der Waals surface area (Å²) in [6.45, 7) is 5.87. The van der Waals surface area contributed by atoms with Gasteiger partial charge in [0, 0.05) is 29.7 Å². The normalized spacial score (nSPS) is 20.3. The van der Waals surface area contributed by atoms with Gasteiger partial charge in [-0.1, -0.05) is 12.6 Å². The highest BCUT2D eigenvalue weighted by atomic mass is 16.5. The number of aromatic hydroxyl groups is 2. The topological polar surface area (TPSA) is 85.2 Å². The van der Waals surface area contributed by atoms with Gasteiger partial charge in [-0.2, -0.15) is 0 Å². The van der Waals surface area contributed by atoms with Crippen LogP contribution in [0.3, 0.4) is 0 Å². The van der Waals surface area contributed by atoms with Crippen molar-refractivity contribution in [3.05, 3.63) is 53.1 Å². The quantitative estimate of drug-likeness (QED) is 0.808. The molecule has 2 aromatic carbocycles. The summed E-state index contributed by atoms with van der Waals surface area (Å²) in [7, 11) is 1.47. The maximum Gasteiger partial charge on any atom is 0.181 e. The monoisotopic (exact) mass is 368 g/mol. The molecular weight excluding hydrogens is 348 g/mol. The predicted octanol–water partition coefficient (Wildman–Crippen LogP) is 3.34. The molecular formula is C21H20O6. The average Bonchev–Trinajstić information content (AvgIpc) is 3.07. The second kappa shape index (κ2) is 6.23. The second-order valence-corrected chi connectivity index (χ2v) is 6.89. The largest absolute Gasteiger partial charge is 0.508 e. The van der Waals surface area contributed by atoms with Crippen molar-refractivity contribution in [1.29, 1.82) is 0 Å². The summed E-state index contributed by atoms with van der Waals surface area (Å²) in [4.78, 5) is 13.2. The first-order valence-electron chi connectivity index (χ1n) is 8.65. The Bertz CT molecular complexity index is 962. The minimum absolute atomic E-state index is 0.0452. The first-order chi connectivity index (χ1) is 12.9. The molecule has 4 rings (SSSR count). The Morgan fingerprint density at radius 1 is 1.26 bits per heavy atom. The summed E-state index contributed by atoms with van der Waals surface area (Å²) in [6.07, 6.45) is 0.238. The van der Waals surface area contributed by atoms with Crippen LogP contribution >= 0.6 is 0 Å². The molecule has 2 aliphatic heterocycles. The van der Waals surface area contributed by atoms with Crippen molar-refractivity contribution in [3.63, 3.8) is 0 Å². The number of hydrogen-bond acceptors (Lipinski definition) is 6. The third-order valence-corrected chi connectivity index (χ3v) is 5.10. The SMILES string of the molecule is C=C(C)[C@@H]1Cc2c(cc3c(c2O)C(=O)[C@H](c2ccc(O)cc2OC)CO3)O1. The summed E-state index contributed by atoms with van der Waals surface area (Å²) in [5, 5.41) is 20.4. The fourth-order valence-corrected chi connectivity index (χ4v) is 3.61. The van der Waals surface area contributed by atoms with Crippen LogP contribution in [-0.2, 0) is 6.42 Å². The van der Waals surface area contributed by atoms with Gasteiger partial charge < -0.3 is 24.4 Å². The Morgan fingerprint density at radius 3 is 2.74 bits per heavy atom. The van der Waals surface area contributed by atoms with Crippen LogP contribution < -0.4 is 14.2 Å². The molecule has 0 saturated carbocycles. The molecule has 2 heterocycles. The number of fused-ring (bicyclic) bond motifs is 2. The number of phenolic OH excluding ortho intramolecular Hbond substituents is 2. The van der Waals surface area contributed by atoms with Crippen LogP contribution in [0.25, 0.3) is 0 Å². The molecule has 0 bridgehead atoms. The molecule has 0 unspecified atom stereocenters. The molecule has 0 fully saturated rings. The zero-order valence-electron chi connectivity index (χ0n) is 15.1. The summed E-state index contributed by atoms with van der Waals surface area (Å²) in [6, 6.07) is 6.24. The second-order valence-electron chi connectivity index (χ2n) is 6.89. The number of carbonyl (C=O) groups is 1. The Labute approximate surface area is 156 Å². The summed E-state index contributed by atoms with van der Waals surface area (Å²) < 4.78 is 16.9. The molecule has 0 spiro atoms. The zero-order chi connectivity index (χ0) is 19.3. The van der Waals surface area contributed by atoms with E-state index < -0.39 is 5.92 Å². The summed E-state index contributed by atoms with van der Waals surface area (Å²) in [5.41, 5.74) is 2.20. The Hall–Kier alpha value is -3.15. The van der Waals surface area contributed by atoms with Crippen molar-refractivity contribution in [2.45, 2.75) is 25.4 Å². The number of hydrogen-bond donors (Lipinski definition) is 2. The van der Waals surface area contributed by atoms with Gasteiger partial charge in [0.2, 0.25) is 0 Å². The van der Waals surface area contributed by atoms with E-state index in [0.29, 0.717) is 34.8 Å². The molecule has 27 heavy (non-hydrogen) atoms. The molecule has 0 saturated heterocycles. The first kappa shape index (κ1) is 17.3. The number of ketones is 1. The molecule has 0 amide bonds. The highest BCUT2D eigenvalue weighted by Gasteiger charge is 2.38. The van der Waals surface area contributed by atoms with Gasteiger partial charge in [0.1, 0.15) is 47.0 Å². The number of phenols is 2. The predicted molar refractivity (Wildman–Crippen MR) is 98.3 cm³/mol. The molecule has 140 valence electrons. The van der Waals surface area contributed by atoms with Crippen molar-refractivity contribution in [2.75, 3.05) is 13.7 Å². The van der Waals surface area contributed by atoms with Gasteiger partial charge in [-0.3, -0.25) is 4.79 Å². The van der Waals surface area contributed by atoms with E-state index in [1.54, 1.807) is 12.1 Å². The summed E-state index contributed by atoms with van der Waals surface area (Å²) in [5.74, 6) is 0.283. The standard InChI is InChI=1S/C21H20O6/c1-10(2)15-7-13-17(27-15)8-18-19(20(13)23)21(24)14(9-26-18)12-5-4-11(22)6-16(12)25-3/h4-6,8,14-15,22-23H,1,7,9H2,2-3H3/t14-,15-/m0/s1. The molecule has 2 aliphatic rings. The number of methoxy groups -OCH3 is 1. The fourth-order valence-electron chi connectivity index (χ4n) is 3.61. The van der Waals surface area contributed by atoms with E-state index in [4.69, 9.17) is 14.2 Å². The maximum absolute atomic E-state index is 13.2. The van der Waals surface area contributed by atoms with E-state index in [1.807, 2.05) is 6.92 Å². The van der Waals surface area contributed by atoms with Gasteiger partial charge in [-0.05, 0) is 18.6 Å². The lowest BCUT2D eigenvalue weighted by Gasteiger charge is -2.26. The lowest BCUT2D eigenvalue weighted by atomic mass is 9.86. The van der Waals surface area contributed by atoms with Crippen molar-refractivity contribution in [2.24, 2.45) is 0 Å². The van der Waals surface area contributed by atoms with E-state index in [-0.39, 0.29) is 35.6 Å². The van der Waals surface area contributed by atoms with E-state index in [1.165, 1.54) is 19.2 Å². The van der Waals surface area contributed by atoms with Crippen LogP contribution in [0, 0.1) is 0 Å². The average molecular weight is 368 g/mol. The zero-order valence-corrected chi connectivity index (χ0v) is 15.1. The molecule has 0 aromatic heterocycles. The van der Waals surface area contributed by atoms with Gasteiger partial charge in [-0.15, -0.1) is 0 Å². The molecule has 2 atom stereocenters. The molecule has 0 radical (unpaired) electrons. The number of Topliss-reactive ketones (excluding diaryl/α,β-unsaturated/α-hetero) is 1. The van der Waals surface area contributed by atoms with Crippen LogP contribution in [-0.4, -0.2) is 35.8 Å². The molecule has 0 aliphatic carbocycles. The van der Waals surface area contributed by atoms with Crippen molar-refractivity contribution in [3.8, 4) is 28.7 Å². The van der Waals surface area contributed by atoms with Crippen LogP contribution in [0.1, 0.15) is 34.3 Å². The van der Waals surface area contributed by atoms with E-state index in [9.17, 15) is 15.0 Å². The maximum atomic E-state index is 13.2. The molecule has 2 aromatic rings. The summed E-state index contributed by atoms with van der Waals surface area (Å²) >= 11 is 0. The van der Waals surface area contributed by atoms with Gasteiger partial charge >= 0.3 is 0 Å². The Balaban J connectivity index is 1.76. The lowest BCUT2D eigenvalue weighted by Crippen LogP contribution is -2.26. The number of ether oxygens (including phenoxy) is 3. The Kier molecular flexibility index (Phi) is 3.98. The van der Waals surface area contributed by atoms with E-state index in [2.05, 4.69) is 6.58 Å². The third-order valence-electron chi connectivity index (χ3n) is 5.10. The van der Waals surface area contributed by atoms with Gasteiger partial charge in [0.05, 0.1) is 13.0 Å². The Morgan fingerprint density at radius 2 is 2.04 bits per heavy atom. The van der Waals surface area contributed by atoms with E-state index in [0.717, 1.165) is 5.57 Å². The lowest BCUT2D eigenvalue weighted by molar-refractivity contribution is 0.0889.